The predicted molar refractivity (Wildman–Crippen MR) is 47.7 cm³/mol. The maximum atomic E-state index is 12.7. The smallest absolute Gasteiger partial charge is 0.446 e. The summed E-state index contributed by atoms with van der Waals surface area (Å²) in [6, 6.07) is 1.50. The van der Waals surface area contributed by atoms with Gasteiger partial charge in [0.05, 0.1) is 9.37 Å². The lowest BCUT2D eigenvalue weighted by Gasteiger charge is -2.07. The highest BCUT2D eigenvalue weighted by Crippen LogP contribution is 2.42. The number of alkyl halides is 3. The van der Waals surface area contributed by atoms with Crippen molar-refractivity contribution in [2.24, 2.45) is 0 Å². The van der Waals surface area contributed by atoms with E-state index in [1.807, 2.05) is 0 Å². The molecule has 1 N–H and O–H groups in total. The number of halogens is 5. The third-order valence-corrected chi connectivity index (χ3v) is 2.61. The number of phenolic OH excluding ortho intramolecular Hbond substituents is 1. The van der Waals surface area contributed by atoms with Gasteiger partial charge in [-0.1, -0.05) is 0 Å². The number of hydrogen-bond acceptors (Lipinski definition) is 2. The Morgan fingerprint density at radius 1 is 1.29 bits per heavy atom. The average molecular weight is 291 g/mol. The number of aromatic hydroxyl groups is 1. The van der Waals surface area contributed by atoms with Gasteiger partial charge in [0.25, 0.3) is 0 Å². The first-order valence-corrected chi connectivity index (χ1v) is 4.84. The molecule has 14 heavy (non-hydrogen) atoms. The normalized spacial score (nSPS) is 11.8. The van der Waals surface area contributed by atoms with Gasteiger partial charge in [0.2, 0.25) is 0 Å². The predicted octanol–water partition coefficient (Wildman–Crippen LogP) is 3.91. The van der Waals surface area contributed by atoms with E-state index in [1.54, 1.807) is 0 Å². The first-order chi connectivity index (χ1) is 6.29. The van der Waals surface area contributed by atoms with Crippen LogP contribution in [-0.4, -0.2) is 10.6 Å². The summed E-state index contributed by atoms with van der Waals surface area (Å²) in [5.74, 6) is -1.54. The van der Waals surface area contributed by atoms with Crippen LogP contribution in [0.4, 0.5) is 17.6 Å². The van der Waals surface area contributed by atoms with Gasteiger partial charge < -0.3 is 5.11 Å². The molecule has 0 saturated carbocycles. The van der Waals surface area contributed by atoms with Crippen molar-refractivity contribution in [2.75, 3.05) is 0 Å². The molecule has 0 aromatic heterocycles. The molecular weight excluding hydrogens is 288 g/mol. The Hall–Kier alpha value is -0.430. The van der Waals surface area contributed by atoms with E-state index in [2.05, 4.69) is 15.9 Å². The van der Waals surface area contributed by atoms with E-state index in [1.165, 1.54) is 0 Å². The Bertz CT molecular complexity index is 352. The summed E-state index contributed by atoms with van der Waals surface area (Å²) < 4.78 is 48.3. The molecule has 0 fully saturated rings. The largest absolute Gasteiger partial charge is 0.507 e. The summed E-state index contributed by atoms with van der Waals surface area (Å²) in [5.41, 5.74) is -4.51. The molecule has 0 radical (unpaired) electrons. The number of thioether (sulfide) groups is 1. The van der Waals surface area contributed by atoms with E-state index < -0.39 is 33.7 Å². The Morgan fingerprint density at radius 2 is 1.86 bits per heavy atom. The molecule has 78 valence electrons. The van der Waals surface area contributed by atoms with Crippen molar-refractivity contribution in [2.45, 2.75) is 10.4 Å². The summed E-state index contributed by atoms with van der Waals surface area (Å²) in [4.78, 5) is -0.439. The third kappa shape index (κ3) is 3.06. The average Bonchev–Trinajstić information content (AvgIpc) is 1.97. The molecule has 0 atom stereocenters. The number of rotatable bonds is 1. The van der Waals surface area contributed by atoms with Crippen molar-refractivity contribution >= 4 is 27.7 Å². The molecule has 0 unspecified atom stereocenters. The van der Waals surface area contributed by atoms with Crippen LogP contribution >= 0.6 is 27.7 Å². The third-order valence-electron chi connectivity index (χ3n) is 1.23. The molecule has 0 aliphatic rings. The lowest BCUT2D eigenvalue weighted by atomic mass is 10.3. The first-order valence-electron chi connectivity index (χ1n) is 3.23. The minimum absolute atomic E-state index is 0.123. The van der Waals surface area contributed by atoms with Crippen LogP contribution in [0.1, 0.15) is 0 Å². The number of benzene rings is 1. The van der Waals surface area contributed by atoms with Crippen molar-refractivity contribution in [3.05, 3.63) is 22.4 Å². The second kappa shape index (κ2) is 3.98. The lowest BCUT2D eigenvalue weighted by Crippen LogP contribution is -1.99. The monoisotopic (exact) mass is 290 g/mol. The fourth-order valence-electron chi connectivity index (χ4n) is 0.725. The quantitative estimate of drug-likeness (QED) is 0.625. The summed E-state index contributed by atoms with van der Waals surface area (Å²) in [6.07, 6.45) is 0. The molecule has 7 heteroatoms. The molecule has 0 spiro atoms. The van der Waals surface area contributed by atoms with Crippen molar-refractivity contribution < 1.29 is 22.7 Å². The lowest BCUT2D eigenvalue weighted by molar-refractivity contribution is -0.0329. The Balaban J connectivity index is 3.04. The number of phenols is 1. The van der Waals surface area contributed by atoms with E-state index in [4.69, 9.17) is 5.11 Å². The molecule has 0 amide bonds. The minimum Gasteiger partial charge on any atom is -0.507 e. The van der Waals surface area contributed by atoms with Crippen molar-refractivity contribution in [3.63, 3.8) is 0 Å². The van der Waals surface area contributed by atoms with Crippen LogP contribution in [0.25, 0.3) is 0 Å². The van der Waals surface area contributed by atoms with Gasteiger partial charge in [0, 0.05) is 6.07 Å². The van der Waals surface area contributed by atoms with Gasteiger partial charge in [-0.25, -0.2) is 4.39 Å². The second-order valence-corrected chi connectivity index (χ2v) is 4.24. The zero-order valence-corrected chi connectivity index (χ0v) is 8.80. The van der Waals surface area contributed by atoms with Gasteiger partial charge in [-0.3, -0.25) is 0 Å². The maximum Gasteiger partial charge on any atom is 0.446 e. The molecule has 1 aromatic carbocycles. The van der Waals surface area contributed by atoms with Gasteiger partial charge in [0.1, 0.15) is 11.6 Å². The maximum absolute atomic E-state index is 12.7. The van der Waals surface area contributed by atoms with Crippen LogP contribution in [0, 0.1) is 5.82 Å². The van der Waals surface area contributed by atoms with Gasteiger partial charge in [-0.2, -0.15) is 13.2 Å². The van der Waals surface area contributed by atoms with Crippen molar-refractivity contribution in [1.29, 1.82) is 0 Å². The van der Waals surface area contributed by atoms with Gasteiger partial charge in [-0.05, 0) is 33.8 Å². The van der Waals surface area contributed by atoms with Crippen LogP contribution < -0.4 is 0 Å². The Morgan fingerprint density at radius 3 is 2.36 bits per heavy atom. The molecule has 0 aliphatic heterocycles. The Kier molecular flexibility index (Phi) is 3.31. The Labute approximate surface area is 89.2 Å². The van der Waals surface area contributed by atoms with Crippen molar-refractivity contribution in [3.8, 4) is 5.75 Å². The molecule has 0 heterocycles. The SMILES string of the molecule is Oc1cc(F)c(Br)cc1SC(F)(F)F. The highest BCUT2D eigenvalue weighted by Gasteiger charge is 2.31. The van der Waals surface area contributed by atoms with Crippen molar-refractivity contribution in [1.82, 2.24) is 0 Å². The number of hydrogen-bond donors (Lipinski definition) is 1. The summed E-state index contributed by atoms with van der Waals surface area (Å²) in [5, 5.41) is 9.00. The van der Waals surface area contributed by atoms with E-state index in [0.29, 0.717) is 6.07 Å². The molecule has 1 nitrogen and oxygen atoms in total. The molecular formula is C7H3BrF4OS. The minimum atomic E-state index is -4.51. The van der Waals surface area contributed by atoms with E-state index in [9.17, 15) is 17.6 Å². The van der Waals surface area contributed by atoms with E-state index >= 15 is 0 Å². The molecule has 1 rings (SSSR count). The molecule has 0 bridgehead atoms. The zero-order chi connectivity index (χ0) is 10.9. The first kappa shape index (κ1) is 11.6. The fraction of sp³-hybridized carbons (Fsp3) is 0.143. The second-order valence-electron chi connectivity index (χ2n) is 2.28. The standard InChI is InChI=1S/C7H3BrF4OS/c8-3-1-6(14-7(10,11)12)5(13)2-4(3)9/h1-2,13H. The van der Waals surface area contributed by atoms with Crippen LogP contribution in [-0.2, 0) is 0 Å². The van der Waals surface area contributed by atoms with Crippen LogP contribution in [0.3, 0.4) is 0 Å². The molecule has 0 aliphatic carbocycles. The summed E-state index contributed by atoms with van der Waals surface area (Å²) >= 11 is 2.22. The summed E-state index contributed by atoms with van der Waals surface area (Å²) in [6.45, 7) is 0. The fourth-order valence-corrected chi connectivity index (χ4v) is 1.81. The topological polar surface area (TPSA) is 20.2 Å². The van der Waals surface area contributed by atoms with E-state index in [-0.39, 0.29) is 4.47 Å². The van der Waals surface area contributed by atoms with Crippen LogP contribution in [0.15, 0.2) is 21.5 Å². The van der Waals surface area contributed by atoms with Gasteiger partial charge in [0.15, 0.2) is 0 Å². The molecule has 1 aromatic rings. The van der Waals surface area contributed by atoms with Crippen LogP contribution in [0.5, 0.6) is 5.75 Å². The zero-order valence-electron chi connectivity index (χ0n) is 6.40. The van der Waals surface area contributed by atoms with Gasteiger partial charge in [-0.15, -0.1) is 0 Å². The highest BCUT2D eigenvalue weighted by atomic mass is 79.9. The molecule has 0 saturated heterocycles. The van der Waals surface area contributed by atoms with Gasteiger partial charge >= 0.3 is 5.51 Å². The van der Waals surface area contributed by atoms with Crippen LogP contribution in [0.2, 0.25) is 0 Å². The summed E-state index contributed by atoms with van der Waals surface area (Å²) in [7, 11) is 0. The highest BCUT2D eigenvalue weighted by molar-refractivity contribution is 9.10. The van der Waals surface area contributed by atoms with E-state index in [0.717, 1.165) is 6.07 Å².